The molecule has 29 heavy (non-hydrogen) atoms. The lowest BCUT2D eigenvalue weighted by Gasteiger charge is -2.27. The highest BCUT2D eigenvalue weighted by molar-refractivity contribution is 5.90. The molecule has 2 N–H and O–H groups in total. The molecule has 4 rings (SSSR count). The van der Waals surface area contributed by atoms with Crippen molar-refractivity contribution in [3.63, 3.8) is 0 Å². The van der Waals surface area contributed by atoms with E-state index in [2.05, 4.69) is 10.5 Å². The van der Waals surface area contributed by atoms with Crippen molar-refractivity contribution in [1.82, 2.24) is 5.16 Å². The minimum Gasteiger partial charge on any atom is -0.486 e. The van der Waals surface area contributed by atoms with Crippen LogP contribution in [0.15, 0.2) is 59.1 Å². The first-order valence-electron chi connectivity index (χ1n) is 9.60. The van der Waals surface area contributed by atoms with E-state index in [9.17, 15) is 4.79 Å². The predicted octanol–water partition coefficient (Wildman–Crippen LogP) is 1.94. The number of ether oxygens (including phenoxy) is 2. The Morgan fingerprint density at radius 1 is 1.17 bits per heavy atom. The van der Waals surface area contributed by atoms with Crippen molar-refractivity contribution in [1.29, 1.82) is 0 Å². The molecule has 0 saturated carbocycles. The van der Waals surface area contributed by atoms with Gasteiger partial charge < -0.3 is 18.9 Å². The second-order valence-corrected chi connectivity index (χ2v) is 7.33. The highest BCUT2D eigenvalue weighted by Crippen LogP contribution is 2.30. The van der Waals surface area contributed by atoms with Crippen LogP contribution in [0.3, 0.4) is 0 Å². The van der Waals surface area contributed by atoms with Gasteiger partial charge in [0.15, 0.2) is 24.1 Å². The molecule has 0 bridgehead atoms. The van der Waals surface area contributed by atoms with Crippen LogP contribution in [0.5, 0.6) is 11.5 Å². The summed E-state index contributed by atoms with van der Waals surface area (Å²) in [5.74, 6) is 1.69. The Bertz CT molecular complexity index is 984. The standard InChI is InChI=1S/C22H23N3O4/c1-15-7-9-16(10-8-15)18-11-22(29-24-18)23-21(26)13-25(2)12-17-14-27-19-5-3-4-6-20(19)28-17/h3-11,17H,12-14H2,1-2H3,(H,23,26)/p+1/t17-/m0/s1. The molecule has 150 valence electrons. The molecule has 1 aliphatic heterocycles. The lowest BCUT2D eigenvalue weighted by atomic mass is 10.1. The van der Waals surface area contributed by atoms with Crippen LogP contribution in [0.4, 0.5) is 5.88 Å². The van der Waals surface area contributed by atoms with Gasteiger partial charge in [-0.2, -0.15) is 0 Å². The van der Waals surface area contributed by atoms with Crippen LogP contribution in [0, 0.1) is 6.92 Å². The second kappa shape index (κ2) is 8.36. The van der Waals surface area contributed by atoms with Crippen molar-refractivity contribution in [2.45, 2.75) is 13.0 Å². The number of benzene rings is 2. The molecule has 7 nitrogen and oxygen atoms in total. The lowest BCUT2D eigenvalue weighted by molar-refractivity contribution is -0.874. The number of para-hydroxylation sites is 2. The van der Waals surface area contributed by atoms with Crippen LogP contribution in [-0.4, -0.2) is 43.9 Å². The molecule has 7 heteroatoms. The first-order valence-corrected chi connectivity index (χ1v) is 9.60. The number of hydrogen-bond acceptors (Lipinski definition) is 5. The fourth-order valence-corrected chi connectivity index (χ4v) is 3.27. The summed E-state index contributed by atoms with van der Waals surface area (Å²) >= 11 is 0. The molecule has 3 aromatic rings. The van der Waals surface area contributed by atoms with Crippen molar-refractivity contribution < 1.29 is 23.7 Å². The van der Waals surface area contributed by atoms with E-state index in [4.69, 9.17) is 14.0 Å². The van der Waals surface area contributed by atoms with Crippen LogP contribution in [0.25, 0.3) is 11.3 Å². The summed E-state index contributed by atoms with van der Waals surface area (Å²) in [5.41, 5.74) is 2.80. The molecule has 0 spiro atoms. The Balaban J connectivity index is 1.28. The van der Waals surface area contributed by atoms with Gasteiger partial charge in [0.1, 0.15) is 18.8 Å². The number of carbonyl (C=O) groups is 1. The Hall–Kier alpha value is -3.32. The van der Waals surface area contributed by atoms with E-state index < -0.39 is 0 Å². The molecule has 2 aromatic carbocycles. The largest absolute Gasteiger partial charge is 0.486 e. The van der Waals surface area contributed by atoms with Crippen LogP contribution >= 0.6 is 0 Å². The molecule has 1 aliphatic rings. The maximum atomic E-state index is 12.4. The summed E-state index contributed by atoms with van der Waals surface area (Å²) in [6.07, 6.45) is -0.101. The minimum atomic E-state index is -0.147. The summed E-state index contributed by atoms with van der Waals surface area (Å²) in [6, 6.07) is 17.3. The highest BCUT2D eigenvalue weighted by atomic mass is 16.6. The van der Waals surface area contributed by atoms with E-state index >= 15 is 0 Å². The monoisotopic (exact) mass is 394 g/mol. The van der Waals surface area contributed by atoms with Crippen LogP contribution < -0.4 is 19.7 Å². The van der Waals surface area contributed by atoms with Gasteiger partial charge >= 0.3 is 0 Å². The summed E-state index contributed by atoms with van der Waals surface area (Å²) in [6.45, 7) is 3.42. The van der Waals surface area contributed by atoms with Gasteiger partial charge in [0.25, 0.3) is 5.91 Å². The number of nitrogens with zero attached hydrogens (tertiary/aromatic N) is 1. The van der Waals surface area contributed by atoms with E-state index in [1.807, 2.05) is 62.5 Å². The number of anilines is 1. The average Bonchev–Trinajstić information content (AvgIpc) is 3.16. The first kappa shape index (κ1) is 19.0. The Labute approximate surface area is 169 Å². The third-order valence-electron chi connectivity index (χ3n) is 4.73. The quantitative estimate of drug-likeness (QED) is 0.668. The van der Waals surface area contributed by atoms with Crippen LogP contribution in [-0.2, 0) is 4.79 Å². The van der Waals surface area contributed by atoms with E-state index in [0.717, 1.165) is 22.0 Å². The Morgan fingerprint density at radius 3 is 2.72 bits per heavy atom. The lowest BCUT2D eigenvalue weighted by Crippen LogP contribution is -3.11. The van der Waals surface area contributed by atoms with E-state index in [0.29, 0.717) is 24.7 Å². The van der Waals surface area contributed by atoms with E-state index in [1.165, 1.54) is 5.56 Å². The Morgan fingerprint density at radius 2 is 1.93 bits per heavy atom. The third-order valence-corrected chi connectivity index (χ3v) is 4.73. The number of nitrogens with one attached hydrogen (secondary N) is 2. The molecule has 2 heterocycles. The van der Waals surface area contributed by atoms with Crippen molar-refractivity contribution in [3.8, 4) is 22.8 Å². The summed E-state index contributed by atoms with van der Waals surface area (Å²) < 4.78 is 16.9. The highest BCUT2D eigenvalue weighted by Gasteiger charge is 2.25. The first-order chi connectivity index (χ1) is 14.1. The van der Waals surface area contributed by atoms with Gasteiger partial charge in [-0.05, 0) is 19.1 Å². The maximum absolute atomic E-state index is 12.4. The van der Waals surface area contributed by atoms with E-state index in [1.54, 1.807) is 6.07 Å². The molecule has 2 atom stereocenters. The number of carbonyl (C=O) groups excluding carboxylic acids is 1. The maximum Gasteiger partial charge on any atom is 0.281 e. The molecule has 1 unspecified atom stereocenters. The zero-order valence-electron chi connectivity index (χ0n) is 16.5. The fourth-order valence-electron chi connectivity index (χ4n) is 3.27. The zero-order valence-corrected chi connectivity index (χ0v) is 16.5. The molecule has 1 aromatic heterocycles. The molecular weight excluding hydrogens is 370 g/mol. The summed E-state index contributed by atoms with van der Waals surface area (Å²) in [5, 5.41) is 6.80. The SMILES string of the molecule is Cc1ccc(-c2cc(NC(=O)C[NH+](C)C[C@H]3COc4ccccc4O3)on2)cc1. The van der Waals surface area contributed by atoms with Gasteiger partial charge in [-0.25, -0.2) is 0 Å². The van der Waals surface area contributed by atoms with Gasteiger partial charge in [-0.1, -0.05) is 47.1 Å². The number of rotatable bonds is 6. The number of quaternary nitrogens is 1. The summed E-state index contributed by atoms with van der Waals surface area (Å²) in [4.78, 5) is 13.4. The molecule has 1 amide bonds. The van der Waals surface area contributed by atoms with Crippen LogP contribution in [0.1, 0.15) is 5.56 Å². The van der Waals surface area contributed by atoms with Gasteiger partial charge in [0.2, 0.25) is 5.88 Å². The minimum absolute atomic E-state index is 0.101. The van der Waals surface area contributed by atoms with Crippen molar-refractivity contribution in [2.75, 3.05) is 32.1 Å². The number of amides is 1. The summed E-state index contributed by atoms with van der Waals surface area (Å²) in [7, 11) is 1.95. The number of likely N-dealkylation sites (N-methyl/N-ethyl adjacent to an activating group) is 1. The van der Waals surface area contributed by atoms with Crippen molar-refractivity contribution in [3.05, 3.63) is 60.2 Å². The second-order valence-electron chi connectivity index (χ2n) is 7.33. The van der Waals surface area contributed by atoms with Gasteiger partial charge in [-0.3, -0.25) is 10.1 Å². The fraction of sp³-hybridized carbons (Fsp3) is 0.273. The molecule has 0 aliphatic carbocycles. The van der Waals surface area contributed by atoms with Gasteiger partial charge in [0.05, 0.1) is 7.05 Å². The zero-order chi connectivity index (χ0) is 20.2. The Kier molecular flexibility index (Phi) is 5.48. The van der Waals surface area contributed by atoms with Crippen molar-refractivity contribution >= 4 is 11.8 Å². The number of hydrogen-bond donors (Lipinski definition) is 2. The number of aryl methyl sites for hydroxylation is 1. The predicted molar refractivity (Wildman–Crippen MR) is 108 cm³/mol. The number of aromatic nitrogens is 1. The molecular formula is C22H24N3O4+. The topological polar surface area (TPSA) is 78.0 Å². The van der Waals surface area contributed by atoms with Gasteiger partial charge in [0, 0.05) is 11.6 Å². The number of fused-ring (bicyclic) bond motifs is 1. The molecule has 0 fully saturated rings. The third kappa shape index (κ3) is 4.75. The average molecular weight is 394 g/mol. The molecule has 0 saturated heterocycles. The van der Waals surface area contributed by atoms with Gasteiger partial charge in [-0.15, -0.1) is 0 Å². The molecule has 0 radical (unpaired) electrons. The van der Waals surface area contributed by atoms with Crippen molar-refractivity contribution in [2.24, 2.45) is 0 Å². The van der Waals surface area contributed by atoms with E-state index in [-0.39, 0.29) is 18.6 Å². The van der Waals surface area contributed by atoms with Crippen LogP contribution in [0.2, 0.25) is 0 Å². The normalized spacial score (nSPS) is 16.3. The smallest absolute Gasteiger partial charge is 0.281 e.